The summed E-state index contributed by atoms with van der Waals surface area (Å²) in [6.07, 6.45) is 1.62. The van der Waals surface area contributed by atoms with Crippen LogP contribution in [0.1, 0.15) is 47.0 Å². The summed E-state index contributed by atoms with van der Waals surface area (Å²) in [5.41, 5.74) is 10.6. The standard InChI is InChI=1S/C11H24N4O2/c1-5-8(3)12-14-10(16)7-11(17)15-13-9(4)6-2/h8-9,12-13H,5-7H2,1-4H3,(H,14,16)(H,15,17). The number of amides is 2. The molecule has 0 radical (unpaired) electrons. The van der Waals surface area contributed by atoms with Crippen molar-refractivity contribution in [1.29, 1.82) is 0 Å². The Balaban J connectivity index is 3.69. The van der Waals surface area contributed by atoms with Crippen LogP contribution in [0.5, 0.6) is 0 Å². The molecule has 0 rings (SSSR count). The maximum absolute atomic E-state index is 11.3. The molecule has 0 aromatic heterocycles. The lowest BCUT2D eigenvalue weighted by atomic mass is 10.3. The van der Waals surface area contributed by atoms with Gasteiger partial charge in [-0.05, 0) is 26.7 Å². The van der Waals surface area contributed by atoms with E-state index in [1.807, 2.05) is 27.7 Å². The summed E-state index contributed by atoms with van der Waals surface area (Å²) in [5, 5.41) is 0. The van der Waals surface area contributed by atoms with Crippen LogP contribution in [0, 0.1) is 0 Å². The molecule has 0 heterocycles. The highest BCUT2D eigenvalue weighted by molar-refractivity contribution is 5.96. The van der Waals surface area contributed by atoms with Gasteiger partial charge in [0.25, 0.3) is 0 Å². The van der Waals surface area contributed by atoms with Crippen LogP contribution in [0.25, 0.3) is 0 Å². The maximum atomic E-state index is 11.3. The highest BCUT2D eigenvalue weighted by atomic mass is 16.2. The van der Waals surface area contributed by atoms with Crippen LogP contribution in [0.15, 0.2) is 0 Å². The van der Waals surface area contributed by atoms with Gasteiger partial charge < -0.3 is 0 Å². The first-order chi connectivity index (χ1) is 7.99. The van der Waals surface area contributed by atoms with Gasteiger partial charge in [-0.2, -0.15) is 0 Å². The van der Waals surface area contributed by atoms with E-state index in [9.17, 15) is 9.59 Å². The molecule has 2 amide bonds. The third-order valence-corrected chi connectivity index (χ3v) is 2.46. The predicted octanol–water partition coefficient (Wildman–Crippen LogP) is 0.215. The average Bonchev–Trinajstić information content (AvgIpc) is 2.32. The molecule has 100 valence electrons. The lowest BCUT2D eigenvalue weighted by Gasteiger charge is -2.14. The van der Waals surface area contributed by atoms with E-state index in [2.05, 4.69) is 21.7 Å². The minimum Gasteiger partial charge on any atom is -0.291 e. The van der Waals surface area contributed by atoms with Gasteiger partial charge in [0, 0.05) is 12.1 Å². The summed E-state index contributed by atoms with van der Waals surface area (Å²) < 4.78 is 0. The minimum atomic E-state index is -0.339. The molecule has 0 aliphatic heterocycles. The van der Waals surface area contributed by atoms with Crippen LogP contribution in [0.4, 0.5) is 0 Å². The molecular weight excluding hydrogens is 220 g/mol. The van der Waals surface area contributed by atoms with Gasteiger partial charge in [0.05, 0.1) is 0 Å². The Morgan fingerprint density at radius 2 is 1.24 bits per heavy atom. The fourth-order valence-electron chi connectivity index (χ4n) is 0.846. The van der Waals surface area contributed by atoms with Gasteiger partial charge in [0.15, 0.2) is 0 Å². The molecule has 17 heavy (non-hydrogen) atoms. The Kier molecular flexibility index (Phi) is 8.35. The molecule has 0 aliphatic rings. The summed E-state index contributed by atoms with van der Waals surface area (Å²) in [4.78, 5) is 22.7. The number of carbonyl (C=O) groups excluding carboxylic acids is 2. The van der Waals surface area contributed by atoms with Crippen molar-refractivity contribution in [3.05, 3.63) is 0 Å². The van der Waals surface area contributed by atoms with Gasteiger partial charge in [0.2, 0.25) is 11.8 Å². The summed E-state index contributed by atoms with van der Waals surface area (Å²) in [6, 6.07) is 0.389. The van der Waals surface area contributed by atoms with Crippen molar-refractivity contribution in [2.24, 2.45) is 0 Å². The summed E-state index contributed by atoms with van der Waals surface area (Å²) in [5.74, 6) is -0.678. The van der Waals surface area contributed by atoms with Crippen molar-refractivity contribution in [3.8, 4) is 0 Å². The van der Waals surface area contributed by atoms with E-state index in [1.54, 1.807) is 0 Å². The zero-order valence-corrected chi connectivity index (χ0v) is 11.1. The molecule has 2 atom stereocenters. The van der Waals surface area contributed by atoms with Gasteiger partial charge in [0.1, 0.15) is 6.42 Å². The van der Waals surface area contributed by atoms with Crippen molar-refractivity contribution in [2.75, 3.05) is 0 Å². The summed E-state index contributed by atoms with van der Waals surface area (Å²) in [6.45, 7) is 7.91. The van der Waals surface area contributed by atoms with E-state index >= 15 is 0 Å². The quantitative estimate of drug-likeness (QED) is 0.363. The van der Waals surface area contributed by atoms with Crippen molar-refractivity contribution >= 4 is 11.8 Å². The Morgan fingerprint density at radius 3 is 1.53 bits per heavy atom. The second kappa shape index (κ2) is 8.95. The predicted molar refractivity (Wildman–Crippen MR) is 66.7 cm³/mol. The van der Waals surface area contributed by atoms with Crippen LogP contribution in [-0.4, -0.2) is 23.9 Å². The molecule has 6 nitrogen and oxygen atoms in total. The summed E-state index contributed by atoms with van der Waals surface area (Å²) >= 11 is 0. The normalized spacial score (nSPS) is 13.9. The lowest BCUT2D eigenvalue weighted by Crippen LogP contribution is -2.47. The molecule has 0 aliphatic carbocycles. The number of hydrogen-bond acceptors (Lipinski definition) is 4. The SMILES string of the molecule is CCC(C)NNC(=O)CC(=O)NNC(C)CC. The van der Waals surface area contributed by atoms with E-state index in [0.29, 0.717) is 0 Å². The van der Waals surface area contributed by atoms with E-state index in [-0.39, 0.29) is 30.3 Å². The molecule has 0 spiro atoms. The van der Waals surface area contributed by atoms with E-state index < -0.39 is 0 Å². The van der Waals surface area contributed by atoms with Gasteiger partial charge in [-0.1, -0.05) is 13.8 Å². The maximum Gasteiger partial charge on any atom is 0.243 e. The Morgan fingerprint density at radius 1 is 0.882 bits per heavy atom. The van der Waals surface area contributed by atoms with Crippen LogP contribution < -0.4 is 21.7 Å². The molecule has 4 N–H and O–H groups in total. The molecule has 6 heteroatoms. The second-order valence-corrected chi connectivity index (χ2v) is 4.18. The first kappa shape index (κ1) is 15.9. The zero-order chi connectivity index (χ0) is 13.3. The third-order valence-electron chi connectivity index (χ3n) is 2.46. The van der Waals surface area contributed by atoms with Gasteiger partial charge in [-0.15, -0.1) is 0 Å². The minimum absolute atomic E-state index is 0.188. The molecule has 0 fully saturated rings. The van der Waals surface area contributed by atoms with Gasteiger partial charge >= 0.3 is 0 Å². The lowest BCUT2D eigenvalue weighted by molar-refractivity contribution is -0.130. The van der Waals surface area contributed by atoms with E-state index in [1.165, 1.54) is 0 Å². The van der Waals surface area contributed by atoms with Crippen molar-refractivity contribution in [3.63, 3.8) is 0 Å². The molecule has 0 aromatic rings. The molecule has 0 aromatic carbocycles. The first-order valence-electron chi connectivity index (χ1n) is 6.08. The molecule has 0 saturated heterocycles. The largest absolute Gasteiger partial charge is 0.291 e. The van der Waals surface area contributed by atoms with E-state index in [0.717, 1.165) is 12.8 Å². The molecular formula is C11H24N4O2. The first-order valence-corrected chi connectivity index (χ1v) is 6.08. The molecule has 0 saturated carbocycles. The highest BCUT2D eigenvalue weighted by Crippen LogP contribution is 1.87. The number of hydrazine groups is 2. The second-order valence-electron chi connectivity index (χ2n) is 4.18. The van der Waals surface area contributed by atoms with Crippen molar-refractivity contribution < 1.29 is 9.59 Å². The summed E-state index contributed by atoms with van der Waals surface area (Å²) in [7, 11) is 0. The fraction of sp³-hybridized carbons (Fsp3) is 0.818. The Bertz CT molecular complexity index is 222. The smallest absolute Gasteiger partial charge is 0.243 e. The van der Waals surface area contributed by atoms with Crippen molar-refractivity contribution in [2.45, 2.75) is 59.0 Å². The molecule has 2 unspecified atom stereocenters. The van der Waals surface area contributed by atoms with Crippen molar-refractivity contribution in [1.82, 2.24) is 21.7 Å². The fourth-order valence-corrected chi connectivity index (χ4v) is 0.846. The number of nitrogens with one attached hydrogen (secondary N) is 4. The Hall–Kier alpha value is -1.14. The monoisotopic (exact) mass is 244 g/mol. The van der Waals surface area contributed by atoms with Gasteiger partial charge in [-0.3, -0.25) is 20.4 Å². The number of rotatable bonds is 8. The zero-order valence-electron chi connectivity index (χ0n) is 11.1. The third kappa shape index (κ3) is 8.65. The topological polar surface area (TPSA) is 82.3 Å². The average molecular weight is 244 g/mol. The van der Waals surface area contributed by atoms with Crippen LogP contribution in [0.2, 0.25) is 0 Å². The van der Waals surface area contributed by atoms with Crippen LogP contribution >= 0.6 is 0 Å². The van der Waals surface area contributed by atoms with E-state index in [4.69, 9.17) is 0 Å². The molecule has 0 bridgehead atoms. The Labute approximate surface area is 103 Å². The highest BCUT2D eigenvalue weighted by Gasteiger charge is 2.10. The number of carbonyl (C=O) groups is 2. The van der Waals surface area contributed by atoms with Crippen LogP contribution in [0.3, 0.4) is 0 Å². The number of hydrogen-bond donors (Lipinski definition) is 4. The van der Waals surface area contributed by atoms with Crippen LogP contribution in [-0.2, 0) is 9.59 Å². The van der Waals surface area contributed by atoms with Gasteiger partial charge in [-0.25, -0.2) is 10.9 Å².